The zero-order valence-electron chi connectivity index (χ0n) is 10.7. The summed E-state index contributed by atoms with van der Waals surface area (Å²) < 4.78 is 13.5. The van der Waals surface area contributed by atoms with E-state index in [1.54, 1.807) is 19.1 Å². The zero-order valence-corrected chi connectivity index (χ0v) is 10.7. The molecule has 0 saturated carbocycles. The predicted octanol–water partition coefficient (Wildman–Crippen LogP) is 2.52. The van der Waals surface area contributed by atoms with E-state index < -0.39 is 17.6 Å². The molecule has 0 radical (unpaired) electrons. The largest absolute Gasteiger partial charge is 0.399 e. The molecule has 2 N–H and O–H groups in total. The van der Waals surface area contributed by atoms with Gasteiger partial charge in [-0.2, -0.15) is 0 Å². The lowest BCUT2D eigenvalue weighted by molar-refractivity contribution is 0.0926. The molecule has 0 fully saturated rings. The first-order chi connectivity index (χ1) is 9.47. The van der Waals surface area contributed by atoms with Crippen molar-refractivity contribution in [3.05, 3.63) is 58.9 Å². The SMILES string of the molecule is Cc1cc(F)cc(N2C(=O)c3ccc(N)cc3C2=O)c1. The van der Waals surface area contributed by atoms with Crippen molar-refractivity contribution in [1.29, 1.82) is 0 Å². The summed E-state index contributed by atoms with van der Waals surface area (Å²) in [5, 5.41) is 0. The minimum atomic E-state index is -0.490. The third-order valence-electron chi connectivity index (χ3n) is 3.20. The summed E-state index contributed by atoms with van der Waals surface area (Å²) in [6.07, 6.45) is 0. The molecular formula is C15H11FN2O2. The molecule has 1 heterocycles. The molecule has 0 atom stereocenters. The number of imide groups is 1. The molecule has 0 unspecified atom stereocenters. The smallest absolute Gasteiger partial charge is 0.266 e. The maximum Gasteiger partial charge on any atom is 0.266 e. The van der Waals surface area contributed by atoms with Crippen molar-refractivity contribution in [2.75, 3.05) is 10.6 Å². The topological polar surface area (TPSA) is 63.4 Å². The number of anilines is 2. The number of nitrogens with zero attached hydrogens (tertiary/aromatic N) is 1. The number of amides is 2. The van der Waals surface area contributed by atoms with E-state index in [0.29, 0.717) is 11.3 Å². The van der Waals surface area contributed by atoms with E-state index in [-0.39, 0.29) is 16.8 Å². The van der Waals surface area contributed by atoms with Gasteiger partial charge in [0.15, 0.2) is 0 Å². The van der Waals surface area contributed by atoms with Crippen LogP contribution in [0.5, 0.6) is 0 Å². The van der Waals surface area contributed by atoms with Gasteiger partial charge in [0, 0.05) is 5.69 Å². The molecule has 0 saturated heterocycles. The van der Waals surface area contributed by atoms with Crippen LogP contribution >= 0.6 is 0 Å². The average Bonchev–Trinajstić information content (AvgIpc) is 2.60. The quantitative estimate of drug-likeness (QED) is 0.639. The summed E-state index contributed by atoms with van der Waals surface area (Å²) in [6.45, 7) is 1.70. The second kappa shape index (κ2) is 4.16. The Morgan fingerprint density at radius 3 is 2.40 bits per heavy atom. The molecule has 20 heavy (non-hydrogen) atoms. The van der Waals surface area contributed by atoms with Crippen LogP contribution in [0.2, 0.25) is 0 Å². The molecule has 3 rings (SSSR count). The second-order valence-corrected chi connectivity index (χ2v) is 4.74. The fraction of sp³-hybridized carbons (Fsp3) is 0.0667. The van der Waals surface area contributed by atoms with Crippen LogP contribution in [0.15, 0.2) is 36.4 Å². The Morgan fingerprint density at radius 2 is 1.70 bits per heavy atom. The molecule has 2 aromatic rings. The molecule has 2 amide bonds. The molecule has 1 aliphatic rings. The van der Waals surface area contributed by atoms with E-state index in [4.69, 9.17) is 5.73 Å². The Kier molecular flexibility index (Phi) is 2.57. The maximum absolute atomic E-state index is 13.5. The Balaban J connectivity index is 2.14. The maximum atomic E-state index is 13.5. The minimum absolute atomic E-state index is 0.229. The number of hydrogen-bond acceptors (Lipinski definition) is 3. The first-order valence-electron chi connectivity index (χ1n) is 6.03. The predicted molar refractivity (Wildman–Crippen MR) is 73.1 cm³/mol. The molecule has 0 bridgehead atoms. The van der Waals surface area contributed by atoms with E-state index in [2.05, 4.69) is 0 Å². The van der Waals surface area contributed by atoms with Crippen LogP contribution in [-0.2, 0) is 0 Å². The molecule has 100 valence electrons. The Hall–Kier alpha value is -2.69. The molecule has 1 aliphatic heterocycles. The standard InChI is InChI=1S/C15H11FN2O2/c1-8-4-9(16)6-11(5-8)18-14(19)12-3-2-10(17)7-13(12)15(18)20/h2-7H,17H2,1H3. The summed E-state index contributed by atoms with van der Waals surface area (Å²) in [6, 6.07) is 8.62. The van der Waals surface area contributed by atoms with Crippen molar-refractivity contribution in [3.8, 4) is 0 Å². The van der Waals surface area contributed by atoms with E-state index in [9.17, 15) is 14.0 Å². The van der Waals surface area contributed by atoms with Crippen LogP contribution in [0.3, 0.4) is 0 Å². The minimum Gasteiger partial charge on any atom is -0.399 e. The van der Waals surface area contributed by atoms with Crippen LogP contribution in [-0.4, -0.2) is 11.8 Å². The summed E-state index contributed by atoms with van der Waals surface area (Å²) in [7, 11) is 0. The van der Waals surface area contributed by atoms with Gasteiger partial charge in [0.25, 0.3) is 11.8 Å². The van der Waals surface area contributed by atoms with Crippen molar-refractivity contribution in [1.82, 2.24) is 0 Å². The first-order valence-corrected chi connectivity index (χ1v) is 6.03. The van der Waals surface area contributed by atoms with Gasteiger partial charge in [0.05, 0.1) is 16.8 Å². The van der Waals surface area contributed by atoms with Crippen molar-refractivity contribution in [2.45, 2.75) is 6.92 Å². The molecule has 0 aromatic heterocycles. The number of benzene rings is 2. The molecule has 2 aromatic carbocycles. The third kappa shape index (κ3) is 1.75. The number of nitrogens with two attached hydrogens (primary N) is 1. The Labute approximate surface area is 114 Å². The van der Waals surface area contributed by atoms with E-state index in [0.717, 1.165) is 11.0 Å². The van der Waals surface area contributed by atoms with Gasteiger partial charge in [-0.25, -0.2) is 9.29 Å². The fourth-order valence-corrected chi connectivity index (χ4v) is 2.34. The summed E-state index contributed by atoms with van der Waals surface area (Å²) in [4.78, 5) is 25.6. The van der Waals surface area contributed by atoms with Gasteiger partial charge in [0.1, 0.15) is 5.82 Å². The van der Waals surface area contributed by atoms with Crippen molar-refractivity contribution >= 4 is 23.2 Å². The van der Waals surface area contributed by atoms with E-state index >= 15 is 0 Å². The number of aryl methyl sites for hydroxylation is 1. The van der Waals surface area contributed by atoms with Gasteiger partial charge in [-0.05, 0) is 48.9 Å². The van der Waals surface area contributed by atoms with Gasteiger partial charge in [0.2, 0.25) is 0 Å². The van der Waals surface area contributed by atoms with Gasteiger partial charge >= 0.3 is 0 Å². The number of nitrogen functional groups attached to an aromatic ring is 1. The molecule has 0 aliphatic carbocycles. The van der Waals surface area contributed by atoms with Crippen LogP contribution in [0.25, 0.3) is 0 Å². The normalized spacial score (nSPS) is 13.8. The number of rotatable bonds is 1. The van der Waals surface area contributed by atoms with Gasteiger partial charge < -0.3 is 5.73 Å². The van der Waals surface area contributed by atoms with Crippen LogP contribution in [0.1, 0.15) is 26.3 Å². The van der Waals surface area contributed by atoms with E-state index in [1.807, 2.05) is 0 Å². The highest BCUT2D eigenvalue weighted by Gasteiger charge is 2.36. The van der Waals surface area contributed by atoms with Crippen LogP contribution in [0.4, 0.5) is 15.8 Å². The summed E-state index contributed by atoms with van der Waals surface area (Å²) in [5.74, 6) is -1.44. The molecular weight excluding hydrogens is 259 g/mol. The highest BCUT2D eigenvalue weighted by Crippen LogP contribution is 2.30. The molecule has 5 heteroatoms. The third-order valence-corrected chi connectivity index (χ3v) is 3.20. The van der Waals surface area contributed by atoms with Gasteiger partial charge in [-0.1, -0.05) is 0 Å². The Morgan fingerprint density at radius 1 is 1.00 bits per heavy atom. The number of carbonyl (C=O) groups excluding carboxylic acids is 2. The lowest BCUT2D eigenvalue weighted by atomic mass is 10.1. The van der Waals surface area contributed by atoms with Gasteiger partial charge in [-0.3, -0.25) is 9.59 Å². The lowest BCUT2D eigenvalue weighted by Gasteiger charge is -2.14. The fourth-order valence-electron chi connectivity index (χ4n) is 2.34. The van der Waals surface area contributed by atoms with Crippen molar-refractivity contribution in [2.24, 2.45) is 0 Å². The number of carbonyl (C=O) groups is 2. The summed E-state index contributed by atoms with van der Waals surface area (Å²) >= 11 is 0. The first kappa shape index (κ1) is 12.3. The van der Waals surface area contributed by atoms with E-state index in [1.165, 1.54) is 18.2 Å². The van der Waals surface area contributed by atoms with Crippen molar-refractivity contribution in [3.63, 3.8) is 0 Å². The average molecular weight is 270 g/mol. The molecule has 0 spiro atoms. The van der Waals surface area contributed by atoms with Gasteiger partial charge in [-0.15, -0.1) is 0 Å². The molecule has 4 nitrogen and oxygen atoms in total. The van der Waals surface area contributed by atoms with Crippen LogP contribution in [0, 0.1) is 12.7 Å². The Bertz CT molecular complexity index is 735. The van der Waals surface area contributed by atoms with Crippen LogP contribution < -0.4 is 10.6 Å². The second-order valence-electron chi connectivity index (χ2n) is 4.74. The summed E-state index contributed by atoms with van der Waals surface area (Å²) in [5.41, 5.74) is 7.43. The van der Waals surface area contributed by atoms with Crippen molar-refractivity contribution < 1.29 is 14.0 Å². The number of hydrogen-bond donors (Lipinski definition) is 1. The number of halogens is 1. The monoisotopic (exact) mass is 270 g/mol. The highest BCUT2D eigenvalue weighted by molar-refractivity contribution is 6.34. The number of fused-ring (bicyclic) bond motifs is 1. The lowest BCUT2D eigenvalue weighted by Crippen LogP contribution is -2.29. The highest BCUT2D eigenvalue weighted by atomic mass is 19.1. The zero-order chi connectivity index (χ0) is 14.4.